The van der Waals surface area contributed by atoms with E-state index in [4.69, 9.17) is 9.84 Å². The molecule has 0 aliphatic heterocycles. The van der Waals surface area contributed by atoms with Crippen LogP contribution < -0.4 is 4.74 Å². The van der Waals surface area contributed by atoms with Gasteiger partial charge < -0.3 is 19.7 Å². The fourth-order valence-corrected chi connectivity index (χ4v) is 2.68. The van der Waals surface area contributed by atoms with Crippen molar-refractivity contribution < 1.29 is 19.4 Å². The van der Waals surface area contributed by atoms with Gasteiger partial charge in [-0.25, -0.2) is 0 Å². The van der Waals surface area contributed by atoms with Crippen molar-refractivity contribution in [3.8, 4) is 5.75 Å². The summed E-state index contributed by atoms with van der Waals surface area (Å²) in [6.07, 6.45) is 1.96. The van der Waals surface area contributed by atoms with Gasteiger partial charge in [0.15, 0.2) is 0 Å². The second kappa shape index (κ2) is 7.17. The number of nitrogens with zero attached hydrogens (tertiary/aromatic N) is 1. The number of carboxylic acids is 1. The van der Waals surface area contributed by atoms with Crippen LogP contribution >= 0.6 is 0 Å². The summed E-state index contributed by atoms with van der Waals surface area (Å²) in [6.45, 7) is 3.98. The molecule has 1 amide bonds. The van der Waals surface area contributed by atoms with Crippen LogP contribution in [0.1, 0.15) is 25.8 Å². The zero-order valence-electron chi connectivity index (χ0n) is 13.6. The van der Waals surface area contributed by atoms with Gasteiger partial charge in [0, 0.05) is 29.7 Å². The largest absolute Gasteiger partial charge is 0.496 e. The van der Waals surface area contributed by atoms with Crippen molar-refractivity contribution in [3.63, 3.8) is 0 Å². The third kappa shape index (κ3) is 3.83. The van der Waals surface area contributed by atoms with E-state index in [-0.39, 0.29) is 31.3 Å². The van der Waals surface area contributed by atoms with E-state index in [2.05, 4.69) is 4.98 Å². The first-order valence-corrected chi connectivity index (χ1v) is 7.58. The SMILES string of the molecule is COc1cccc2[nH]cc(CC(=O)N(CCC(=O)O)C(C)C)c12. The van der Waals surface area contributed by atoms with Crippen molar-refractivity contribution in [2.24, 2.45) is 0 Å². The van der Waals surface area contributed by atoms with Crippen LogP contribution in [-0.2, 0) is 16.0 Å². The molecular formula is C17H22N2O4. The predicted molar refractivity (Wildman–Crippen MR) is 87.7 cm³/mol. The van der Waals surface area contributed by atoms with Gasteiger partial charge in [-0.2, -0.15) is 0 Å². The Morgan fingerprint density at radius 1 is 1.35 bits per heavy atom. The Morgan fingerprint density at radius 3 is 2.70 bits per heavy atom. The predicted octanol–water partition coefficient (Wildman–Crippen LogP) is 2.43. The molecule has 0 aliphatic carbocycles. The number of aromatic nitrogens is 1. The first-order valence-electron chi connectivity index (χ1n) is 7.58. The first kappa shape index (κ1) is 16.9. The lowest BCUT2D eigenvalue weighted by Crippen LogP contribution is -2.39. The number of aromatic amines is 1. The second-order valence-electron chi connectivity index (χ2n) is 5.70. The summed E-state index contributed by atoms with van der Waals surface area (Å²) in [5.74, 6) is -0.279. The summed E-state index contributed by atoms with van der Waals surface area (Å²) >= 11 is 0. The summed E-state index contributed by atoms with van der Waals surface area (Å²) in [6, 6.07) is 5.62. The number of fused-ring (bicyclic) bond motifs is 1. The van der Waals surface area contributed by atoms with E-state index in [1.807, 2.05) is 32.0 Å². The van der Waals surface area contributed by atoms with Gasteiger partial charge in [0.25, 0.3) is 0 Å². The monoisotopic (exact) mass is 318 g/mol. The maximum atomic E-state index is 12.6. The van der Waals surface area contributed by atoms with E-state index in [0.29, 0.717) is 5.75 Å². The molecule has 1 heterocycles. The number of benzene rings is 1. The Bertz CT molecular complexity index is 706. The van der Waals surface area contributed by atoms with Gasteiger partial charge in [0.1, 0.15) is 5.75 Å². The number of rotatable bonds is 7. The molecule has 6 heteroatoms. The molecule has 0 saturated heterocycles. The summed E-state index contributed by atoms with van der Waals surface area (Å²) < 4.78 is 5.37. The van der Waals surface area contributed by atoms with Crippen LogP contribution in [0.4, 0.5) is 0 Å². The lowest BCUT2D eigenvalue weighted by atomic mass is 10.1. The molecule has 0 aliphatic rings. The minimum atomic E-state index is -0.905. The Morgan fingerprint density at radius 2 is 2.09 bits per heavy atom. The molecule has 2 N–H and O–H groups in total. The lowest BCUT2D eigenvalue weighted by molar-refractivity contribution is -0.139. The number of H-pyrrole nitrogens is 1. The molecule has 2 rings (SSSR count). The van der Waals surface area contributed by atoms with Crippen LogP contribution in [0.2, 0.25) is 0 Å². The van der Waals surface area contributed by atoms with E-state index in [0.717, 1.165) is 16.5 Å². The zero-order valence-corrected chi connectivity index (χ0v) is 13.6. The number of carboxylic acid groups (broad SMARTS) is 1. The van der Waals surface area contributed by atoms with E-state index in [1.54, 1.807) is 18.2 Å². The van der Waals surface area contributed by atoms with Crippen LogP contribution in [0.15, 0.2) is 24.4 Å². The highest BCUT2D eigenvalue weighted by Crippen LogP contribution is 2.29. The van der Waals surface area contributed by atoms with E-state index < -0.39 is 5.97 Å². The Kier molecular flexibility index (Phi) is 5.26. The first-order chi connectivity index (χ1) is 10.9. The molecule has 0 bridgehead atoms. The Hall–Kier alpha value is -2.50. The van der Waals surface area contributed by atoms with E-state index in [9.17, 15) is 9.59 Å². The van der Waals surface area contributed by atoms with Crippen molar-refractivity contribution in [2.45, 2.75) is 32.7 Å². The molecule has 0 spiro atoms. The molecule has 0 saturated carbocycles. The fraction of sp³-hybridized carbons (Fsp3) is 0.412. The topological polar surface area (TPSA) is 82.6 Å². The van der Waals surface area contributed by atoms with Gasteiger partial charge in [-0.15, -0.1) is 0 Å². The molecule has 0 unspecified atom stereocenters. The number of nitrogens with one attached hydrogen (secondary N) is 1. The quantitative estimate of drug-likeness (QED) is 0.821. The number of carbonyl (C=O) groups is 2. The van der Waals surface area contributed by atoms with Gasteiger partial charge in [0.2, 0.25) is 5.91 Å². The summed E-state index contributed by atoms with van der Waals surface area (Å²) in [4.78, 5) is 28.1. The van der Waals surface area contributed by atoms with Crippen molar-refractivity contribution >= 4 is 22.8 Å². The Labute approximate surface area is 135 Å². The molecule has 1 aromatic heterocycles. The van der Waals surface area contributed by atoms with Gasteiger partial charge >= 0.3 is 5.97 Å². The van der Waals surface area contributed by atoms with E-state index in [1.165, 1.54) is 0 Å². The molecule has 124 valence electrons. The number of hydrogen-bond acceptors (Lipinski definition) is 3. The van der Waals surface area contributed by atoms with Gasteiger partial charge in [-0.05, 0) is 31.5 Å². The van der Waals surface area contributed by atoms with Crippen LogP contribution in [0.5, 0.6) is 5.75 Å². The van der Waals surface area contributed by atoms with Crippen LogP contribution in [0, 0.1) is 0 Å². The van der Waals surface area contributed by atoms with Crippen molar-refractivity contribution in [2.75, 3.05) is 13.7 Å². The molecule has 0 fully saturated rings. The fourth-order valence-electron chi connectivity index (χ4n) is 2.68. The molecule has 6 nitrogen and oxygen atoms in total. The summed E-state index contributed by atoms with van der Waals surface area (Å²) in [5, 5.41) is 9.73. The third-order valence-electron chi connectivity index (χ3n) is 3.82. The molecule has 0 radical (unpaired) electrons. The van der Waals surface area contributed by atoms with Crippen LogP contribution in [-0.4, -0.2) is 46.6 Å². The number of amides is 1. The lowest BCUT2D eigenvalue weighted by Gasteiger charge is -2.26. The Balaban J connectivity index is 2.23. The number of carbonyl (C=O) groups excluding carboxylic acids is 1. The average Bonchev–Trinajstić information content (AvgIpc) is 2.90. The van der Waals surface area contributed by atoms with Gasteiger partial charge in [-0.3, -0.25) is 9.59 Å². The number of ether oxygens (including phenoxy) is 1. The number of methoxy groups -OCH3 is 1. The molecule has 23 heavy (non-hydrogen) atoms. The average molecular weight is 318 g/mol. The minimum absolute atomic E-state index is 0.0473. The van der Waals surface area contributed by atoms with Crippen LogP contribution in [0.3, 0.4) is 0 Å². The smallest absolute Gasteiger partial charge is 0.305 e. The second-order valence-corrected chi connectivity index (χ2v) is 5.70. The molecular weight excluding hydrogens is 296 g/mol. The van der Waals surface area contributed by atoms with Crippen molar-refractivity contribution in [3.05, 3.63) is 30.0 Å². The van der Waals surface area contributed by atoms with Crippen molar-refractivity contribution in [1.29, 1.82) is 0 Å². The third-order valence-corrected chi connectivity index (χ3v) is 3.82. The highest BCUT2D eigenvalue weighted by Gasteiger charge is 2.20. The summed E-state index contributed by atoms with van der Waals surface area (Å²) in [7, 11) is 1.60. The summed E-state index contributed by atoms with van der Waals surface area (Å²) in [5.41, 5.74) is 1.76. The molecule has 1 aromatic carbocycles. The normalized spacial score (nSPS) is 11.0. The maximum absolute atomic E-state index is 12.6. The highest BCUT2D eigenvalue weighted by atomic mass is 16.5. The minimum Gasteiger partial charge on any atom is -0.496 e. The van der Waals surface area contributed by atoms with Crippen molar-refractivity contribution in [1.82, 2.24) is 9.88 Å². The maximum Gasteiger partial charge on any atom is 0.305 e. The van der Waals surface area contributed by atoms with Crippen LogP contribution in [0.25, 0.3) is 10.9 Å². The zero-order chi connectivity index (χ0) is 17.0. The van der Waals surface area contributed by atoms with E-state index >= 15 is 0 Å². The molecule has 0 atom stereocenters. The van der Waals surface area contributed by atoms with Gasteiger partial charge in [-0.1, -0.05) is 6.07 Å². The standard InChI is InChI=1S/C17H22N2O4/c1-11(2)19(8-7-16(21)22)15(20)9-12-10-18-13-5-4-6-14(23-3)17(12)13/h4-6,10-11,18H,7-9H2,1-3H3,(H,21,22). The number of aliphatic carboxylic acids is 1. The number of hydrogen-bond donors (Lipinski definition) is 2. The van der Waals surface area contributed by atoms with Gasteiger partial charge in [0.05, 0.1) is 20.0 Å². The molecule has 2 aromatic rings. The highest BCUT2D eigenvalue weighted by molar-refractivity contribution is 5.93.